The first kappa shape index (κ1) is 25.0. The van der Waals surface area contributed by atoms with E-state index in [4.69, 9.17) is 9.47 Å². The van der Waals surface area contributed by atoms with Crippen molar-refractivity contribution in [3.8, 4) is 5.75 Å². The Hall–Kier alpha value is -3.64. The maximum atomic E-state index is 13.5. The quantitative estimate of drug-likeness (QED) is 0.370. The van der Waals surface area contributed by atoms with E-state index in [9.17, 15) is 9.59 Å². The monoisotopic (exact) mass is 498 g/mol. The number of carbonyl (C=O) groups is 2. The second kappa shape index (κ2) is 11.6. The van der Waals surface area contributed by atoms with Gasteiger partial charge in [0.1, 0.15) is 18.5 Å². The molecule has 0 radical (unpaired) electrons. The van der Waals surface area contributed by atoms with Crippen LogP contribution in [0.15, 0.2) is 78.9 Å². The van der Waals surface area contributed by atoms with Crippen LogP contribution >= 0.6 is 0 Å². The van der Waals surface area contributed by atoms with Gasteiger partial charge in [0.15, 0.2) is 0 Å². The molecular formula is C31H34N2O4. The Balaban J connectivity index is 1.38. The van der Waals surface area contributed by atoms with E-state index in [0.717, 1.165) is 53.7 Å². The van der Waals surface area contributed by atoms with E-state index in [1.807, 2.05) is 83.8 Å². The molecule has 1 saturated carbocycles. The van der Waals surface area contributed by atoms with Gasteiger partial charge in [0.05, 0.1) is 13.5 Å². The summed E-state index contributed by atoms with van der Waals surface area (Å²) in [5, 5.41) is 3.67. The van der Waals surface area contributed by atoms with Gasteiger partial charge in [-0.15, -0.1) is 0 Å². The van der Waals surface area contributed by atoms with Crippen molar-refractivity contribution in [3.63, 3.8) is 0 Å². The average Bonchev–Trinajstić information content (AvgIpc) is 3.24. The third-order valence-corrected chi connectivity index (χ3v) is 7.45. The number of hydrogen-bond donors (Lipinski definition) is 1. The highest BCUT2D eigenvalue weighted by molar-refractivity contribution is 5.99. The van der Waals surface area contributed by atoms with Crippen LogP contribution in [0.2, 0.25) is 0 Å². The third-order valence-electron chi connectivity index (χ3n) is 7.45. The number of hydrogen-bond acceptors (Lipinski definition) is 5. The molecule has 0 spiro atoms. The fourth-order valence-corrected chi connectivity index (χ4v) is 5.49. The molecule has 3 aromatic carbocycles. The standard InChI is InChI=1S/C31H34N2O4/c1-36-29(34)20-28(23-16-18-25(19-17-23)37-21-22-10-4-2-5-11-22)32-30-26-14-8-9-15-27(26)31(35)33(30)24-12-6-3-7-13-24/h2,4-5,8-11,14-19,24,28,30,32H,3,6-7,12-13,20-21H2,1H3. The molecule has 6 nitrogen and oxygen atoms in total. The number of nitrogens with one attached hydrogen (secondary N) is 1. The van der Waals surface area contributed by atoms with E-state index < -0.39 is 0 Å². The lowest BCUT2D eigenvalue weighted by Gasteiger charge is -2.38. The molecule has 0 aromatic heterocycles. The lowest BCUT2D eigenvalue weighted by atomic mass is 9.94. The lowest BCUT2D eigenvalue weighted by Crippen LogP contribution is -2.45. The van der Waals surface area contributed by atoms with Crippen molar-refractivity contribution in [1.29, 1.82) is 0 Å². The number of rotatable bonds is 9. The Morgan fingerprint density at radius 3 is 2.38 bits per heavy atom. The number of benzene rings is 3. The highest BCUT2D eigenvalue weighted by atomic mass is 16.5. The molecule has 1 aliphatic carbocycles. The van der Waals surface area contributed by atoms with Gasteiger partial charge in [0, 0.05) is 23.2 Å². The third kappa shape index (κ3) is 5.70. The number of ether oxygens (including phenoxy) is 2. The van der Waals surface area contributed by atoms with Crippen LogP contribution in [0.5, 0.6) is 5.75 Å². The molecule has 37 heavy (non-hydrogen) atoms. The molecule has 1 aliphatic heterocycles. The largest absolute Gasteiger partial charge is 0.489 e. The van der Waals surface area contributed by atoms with E-state index in [1.165, 1.54) is 13.5 Å². The van der Waals surface area contributed by atoms with Gasteiger partial charge in [-0.2, -0.15) is 0 Å². The molecule has 0 bridgehead atoms. The minimum absolute atomic E-state index is 0.0708. The van der Waals surface area contributed by atoms with Crippen molar-refractivity contribution in [3.05, 3.63) is 101 Å². The van der Waals surface area contributed by atoms with Gasteiger partial charge in [-0.3, -0.25) is 14.9 Å². The van der Waals surface area contributed by atoms with Crippen LogP contribution in [0, 0.1) is 0 Å². The topological polar surface area (TPSA) is 67.9 Å². The molecule has 6 heteroatoms. The minimum Gasteiger partial charge on any atom is -0.489 e. The molecule has 5 rings (SSSR count). The Kier molecular flexibility index (Phi) is 7.85. The SMILES string of the molecule is COC(=O)CC(NC1c2ccccc2C(=O)N1C1CCCCC1)c1ccc(OCc2ccccc2)cc1. The van der Waals surface area contributed by atoms with Gasteiger partial charge in [-0.1, -0.05) is 79.9 Å². The van der Waals surface area contributed by atoms with Crippen molar-refractivity contribution in [1.82, 2.24) is 10.2 Å². The van der Waals surface area contributed by atoms with Gasteiger partial charge in [-0.25, -0.2) is 0 Å². The molecule has 1 N–H and O–H groups in total. The summed E-state index contributed by atoms with van der Waals surface area (Å²) < 4.78 is 11.0. The fraction of sp³-hybridized carbons (Fsp3) is 0.355. The molecule has 1 fully saturated rings. The average molecular weight is 499 g/mol. The van der Waals surface area contributed by atoms with E-state index in [0.29, 0.717) is 6.61 Å². The van der Waals surface area contributed by atoms with Crippen molar-refractivity contribution in [2.24, 2.45) is 0 Å². The van der Waals surface area contributed by atoms with Gasteiger partial charge in [0.2, 0.25) is 0 Å². The van der Waals surface area contributed by atoms with Crippen LogP contribution in [0.3, 0.4) is 0 Å². The van der Waals surface area contributed by atoms with Crippen LogP contribution in [0.1, 0.15) is 77.8 Å². The summed E-state index contributed by atoms with van der Waals surface area (Å²) in [6, 6.07) is 25.5. The summed E-state index contributed by atoms with van der Waals surface area (Å²) in [6.07, 6.45) is 5.36. The lowest BCUT2D eigenvalue weighted by molar-refractivity contribution is -0.141. The van der Waals surface area contributed by atoms with E-state index in [1.54, 1.807) is 0 Å². The molecule has 3 aromatic rings. The smallest absolute Gasteiger partial charge is 0.307 e. The van der Waals surface area contributed by atoms with E-state index in [2.05, 4.69) is 5.32 Å². The Morgan fingerprint density at radius 1 is 0.946 bits per heavy atom. The second-order valence-corrected chi connectivity index (χ2v) is 9.84. The number of amides is 1. The van der Waals surface area contributed by atoms with Crippen molar-refractivity contribution in [2.75, 3.05) is 7.11 Å². The number of methoxy groups -OCH3 is 1. The van der Waals surface area contributed by atoms with Crippen LogP contribution in [0.25, 0.3) is 0 Å². The molecule has 2 unspecified atom stereocenters. The summed E-state index contributed by atoms with van der Waals surface area (Å²) in [5.41, 5.74) is 3.75. The number of esters is 1. The van der Waals surface area contributed by atoms with Crippen molar-refractivity contribution < 1.29 is 19.1 Å². The first-order valence-corrected chi connectivity index (χ1v) is 13.1. The van der Waals surface area contributed by atoms with Crippen LogP contribution < -0.4 is 10.1 Å². The van der Waals surface area contributed by atoms with E-state index in [-0.39, 0.29) is 36.5 Å². The van der Waals surface area contributed by atoms with Gasteiger partial charge >= 0.3 is 5.97 Å². The predicted molar refractivity (Wildman–Crippen MR) is 142 cm³/mol. The molecule has 2 atom stereocenters. The normalized spacial score (nSPS) is 18.4. The molecule has 2 aliphatic rings. The van der Waals surface area contributed by atoms with E-state index >= 15 is 0 Å². The summed E-state index contributed by atoms with van der Waals surface area (Å²) in [6.45, 7) is 0.487. The summed E-state index contributed by atoms with van der Waals surface area (Å²) in [7, 11) is 1.41. The molecule has 1 heterocycles. The molecule has 0 saturated heterocycles. The van der Waals surface area contributed by atoms with Crippen molar-refractivity contribution in [2.45, 2.75) is 63.4 Å². The second-order valence-electron chi connectivity index (χ2n) is 9.84. The van der Waals surface area contributed by atoms with Crippen molar-refractivity contribution >= 4 is 11.9 Å². The van der Waals surface area contributed by atoms with Gasteiger partial charge in [0.25, 0.3) is 5.91 Å². The Labute approximate surface area is 218 Å². The van der Waals surface area contributed by atoms with Crippen LogP contribution in [0.4, 0.5) is 0 Å². The van der Waals surface area contributed by atoms with Gasteiger partial charge < -0.3 is 14.4 Å². The first-order valence-electron chi connectivity index (χ1n) is 13.1. The van der Waals surface area contributed by atoms with Gasteiger partial charge in [-0.05, 0) is 42.2 Å². The molecule has 192 valence electrons. The zero-order valence-corrected chi connectivity index (χ0v) is 21.3. The van der Waals surface area contributed by atoms with Crippen LogP contribution in [-0.4, -0.2) is 29.9 Å². The maximum Gasteiger partial charge on any atom is 0.307 e. The Bertz CT molecular complexity index is 1210. The highest BCUT2D eigenvalue weighted by Gasteiger charge is 2.41. The number of nitrogens with zero attached hydrogens (tertiary/aromatic N) is 1. The zero-order valence-electron chi connectivity index (χ0n) is 21.3. The zero-order chi connectivity index (χ0) is 25.6. The predicted octanol–water partition coefficient (Wildman–Crippen LogP) is 5.95. The minimum atomic E-state index is -0.328. The summed E-state index contributed by atoms with van der Waals surface area (Å²) in [5.74, 6) is 0.528. The number of carbonyl (C=O) groups excluding carboxylic acids is 2. The summed E-state index contributed by atoms with van der Waals surface area (Å²) >= 11 is 0. The maximum absolute atomic E-state index is 13.5. The first-order chi connectivity index (χ1) is 18.1. The number of fused-ring (bicyclic) bond motifs is 1. The molecular weight excluding hydrogens is 464 g/mol. The molecule has 1 amide bonds. The highest BCUT2D eigenvalue weighted by Crippen LogP contribution is 2.39. The summed E-state index contributed by atoms with van der Waals surface area (Å²) in [4.78, 5) is 28.0. The Morgan fingerprint density at radius 2 is 1.65 bits per heavy atom. The fourth-order valence-electron chi connectivity index (χ4n) is 5.49. The van der Waals surface area contributed by atoms with Crippen LogP contribution in [-0.2, 0) is 16.1 Å².